The molecule has 0 amide bonds. The quantitative estimate of drug-likeness (QED) is 0.357. The molecule has 0 aliphatic rings. The monoisotopic (exact) mass is 267 g/mol. The van der Waals surface area contributed by atoms with Gasteiger partial charge in [-0.3, -0.25) is 10.1 Å². The number of nitrogens with zero attached hydrogens (tertiary/aromatic N) is 3. The number of aryl methyl sites for hydroxylation is 1. The maximum Gasteiger partial charge on any atom is 3.00 e. The molecule has 0 atom stereocenters. The van der Waals surface area contributed by atoms with Crippen LogP contribution in [0.3, 0.4) is 0 Å². The van der Waals surface area contributed by atoms with Crippen molar-refractivity contribution in [2.45, 2.75) is 6.92 Å². The fraction of sp³-hybridized carbons (Fsp3) is 0.250. The van der Waals surface area contributed by atoms with E-state index >= 15 is 0 Å². The molecule has 6 heteroatoms. The smallest absolute Gasteiger partial charge is 0.270 e. The molecule has 0 radical (unpaired) electrons. The normalized spacial score (nSPS) is 9.86. The van der Waals surface area contributed by atoms with Crippen LogP contribution in [0.2, 0.25) is 0 Å². The SMILES string of the molecule is CN=Nc1[c-]cc([N+](=O)[O-])cc1C.[Y+3]. The van der Waals surface area contributed by atoms with Gasteiger partial charge in [0.25, 0.3) is 0 Å². The molecule has 0 heterocycles. The van der Waals surface area contributed by atoms with Crippen molar-refractivity contribution < 1.29 is 37.6 Å². The molecule has 0 spiro atoms. The summed E-state index contributed by atoms with van der Waals surface area (Å²) in [4.78, 5) is 9.89. The van der Waals surface area contributed by atoms with Gasteiger partial charge in [0.15, 0.2) is 5.69 Å². The summed E-state index contributed by atoms with van der Waals surface area (Å²) in [5.41, 5.74) is 1.25. The zero-order valence-corrected chi connectivity index (χ0v) is 10.7. The number of azo groups is 1. The standard InChI is InChI=1S/C8H8N3O2.Y/c1-6-5-7(11(12)13)3-4-8(6)10-9-2;/h3,5H,1-2H3;/q-1;+3. The van der Waals surface area contributed by atoms with E-state index in [4.69, 9.17) is 0 Å². The Balaban J connectivity index is 0.00000169. The van der Waals surface area contributed by atoms with Crippen molar-refractivity contribution in [2.75, 3.05) is 7.05 Å². The zero-order chi connectivity index (χ0) is 9.84. The maximum atomic E-state index is 10.4. The van der Waals surface area contributed by atoms with E-state index in [1.165, 1.54) is 19.2 Å². The predicted molar refractivity (Wildman–Crippen MR) is 47.1 cm³/mol. The largest absolute Gasteiger partial charge is 3.00 e. The first kappa shape index (κ1) is 13.3. The summed E-state index contributed by atoms with van der Waals surface area (Å²) in [6.45, 7) is 1.73. The molecule has 0 fully saturated rings. The van der Waals surface area contributed by atoms with Crippen LogP contribution in [0.25, 0.3) is 0 Å². The fourth-order valence-corrected chi connectivity index (χ4v) is 0.901. The molecule has 0 N–H and O–H groups in total. The Morgan fingerprint density at radius 3 is 2.64 bits per heavy atom. The molecule has 1 aromatic rings. The van der Waals surface area contributed by atoms with E-state index in [0.29, 0.717) is 11.3 Å². The van der Waals surface area contributed by atoms with Gasteiger partial charge in [0.05, 0.1) is 0 Å². The number of hydrogen-bond acceptors (Lipinski definition) is 4. The Labute approximate surface area is 107 Å². The number of benzene rings is 1. The summed E-state index contributed by atoms with van der Waals surface area (Å²) < 4.78 is 0. The first-order valence-electron chi connectivity index (χ1n) is 3.61. The zero-order valence-electron chi connectivity index (χ0n) is 7.89. The summed E-state index contributed by atoms with van der Waals surface area (Å²) in [7, 11) is 1.54. The van der Waals surface area contributed by atoms with E-state index in [0.717, 1.165) is 0 Å². The molecule has 68 valence electrons. The van der Waals surface area contributed by atoms with Gasteiger partial charge in [-0.05, 0) is 5.69 Å². The van der Waals surface area contributed by atoms with E-state index in [-0.39, 0.29) is 38.4 Å². The van der Waals surface area contributed by atoms with Gasteiger partial charge in [-0.2, -0.15) is 10.2 Å². The number of hydrogen-bond donors (Lipinski definition) is 0. The second-order valence-corrected chi connectivity index (χ2v) is 2.45. The minimum Gasteiger partial charge on any atom is -0.270 e. The number of nitro benzene ring substituents is 1. The summed E-state index contributed by atoms with van der Waals surface area (Å²) in [5.74, 6) is 0. The Bertz CT molecular complexity index is 366. The van der Waals surface area contributed by atoms with Gasteiger partial charge in [0.2, 0.25) is 0 Å². The molecule has 0 saturated heterocycles. The van der Waals surface area contributed by atoms with Crippen molar-refractivity contribution in [1.29, 1.82) is 0 Å². The molecule has 0 bridgehead atoms. The maximum absolute atomic E-state index is 10.4. The van der Waals surface area contributed by atoms with Crippen molar-refractivity contribution >= 4 is 11.4 Å². The van der Waals surface area contributed by atoms with Crippen LogP contribution in [0.1, 0.15) is 5.56 Å². The van der Waals surface area contributed by atoms with Crippen LogP contribution in [0, 0.1) is 23.1 Å². The Morgan fingerprint density at radius 2 is 2.21 bits per heavy atom. The van der Waals surface area contributed by atoms with Crippen LogP contribution in [-0.4, -0.2) is 12.0 Å². The van der Waals surface area contributed by atoms with Crippen molar-refractivity contribution in [2.24, 2.45) is 10.2 Å². The molecular formula is C8H8N3O2Y+2. The molecule has 1 aromatic carbocycles. The van der Waals surface area contributed by atoms with Gasteiger partial charge in [0, 0.05) is 12.0 Å². The third-order valence-electron chi connectivity index (χ3n) is 1.51. The van der Waals surface area contributed by atoms with Crippen LogP contribution in [0.15, 0.2) is 22.4 Å². The van der Waals surface area contributed by atoms with Gasteiger partial charge in [-0.15, -0.1) is 11.6 Å². The molecule has 1 rings (SSSR count). The van der Waals surface area contributed by atoms with Crippen LogP contribution in [-0.2, 0) is 32.7 Å². The summed E-state index contributed by atoms with van der Waals surface area (Å²) in [6, 6.07) is 5.42. The Kier molecular flexibility index (Phi) is 5.64. The summed E-state index contributed by atoms with van der Waals surface area (Å²) >= 11 is 0. The average molecular weight is 267 g/mol. The summed E-state index contributed by atoms with van der Waals surface area (Å²) in [6.07, 6.45) is 0. The first-order valence-corrected chi connectivity index (χ1v) is 3.61. The van der Waals surface area contributed by atoms with Gasteiger partial charge in [0.1, 0.15) is 0 Å². The van der Waals surface area contributed by atoms with E-state index in [2.05, 4.69) is 16.3 Å². The minimum atomic E-state index is -0.462. The van der Waals surface area contributed by atoms with Crippen LogP contribution < -0.4 is 0 Å². The molecule has 0 aliphatic carbocycles. The summed E-state index contributed by atoms with van der Waals surface area (Å²) in [5, 5.41) is 17.7. The number of nitro groups is 1. The third-order valence-corrected chi connectivity index (χ3v) is 1.51. The van der Waals surface area contributed by atoms with E-state index in [9.17, 15) is 10.1 Å². The van der Waals surface area contributed by atoms with Crippen LogP contribution in [0.4, 0.5) is 11.4 Å². The van der Waals surface area contributed by atoms with Crippen molar-refractivity contribution in [3.05, 3.63) is 33.9 Å². The molecule has 0 aromatic heterocycles. The van der Waals surface area contributed by atoms with E-state index in [1.807, 2.05) is 0 Å². The van der Waals surface area contributed by atoms with Crippen LogP contribution >= 0.6 is 0 Å². The van der Waals surface area contributed by atoms with Gasteiger partial charge >= 0.3 is 32.7 Å². The molecule has 5 nitrogen and oxygen atoms in total. The Hall–Kier alpha value is -0.676. The molecular weight excluding hydrogens is 259 g/mol. The van der Waals surface area contributed by atoms with E-state index in [1.54, 1.807) is 6.92 Å². The van der Waals surface area contributed by atoms with E-state index < -0.39 is 4.92 Å². The fourth-order valence-electron chi connectivity index (χ4n) is 0.901. The van der Waals surface area contributed by atoms with Crippen molar-refractivity contribution in [3.63, 3.8) is 0 Å². The average Bonchev–Trinajstić information content (AvgIpc) is 2.08. The third kappa shape index (κ3) is 3.23. The Morgan fingerprint density at radius 1 is 1.57 bits per heavy atom. The molecule has 0 saturated carbocycles. The van der Waals surface area contributed by atoms with Crippen molar-refractivity contribution in [1.82, 2.24) is 0 Å². The second kappa shape index (κ2) is 5.93. The molecule has 0 aliphatic heterocycles. The molecule has 14 heavy (non-hydrogen) atoms. The van der Waals surface area contributed by atoms with Crippen molar-refractivity contribution in [3.8, 4) is 0 Å². The van der Waals surface area contributed by atoms with Gasteiger partial charge < -0.3 is 0 Å². The minimum absolute atomic E-state index is 0. The number of non-ortho nitro benzene ring substituents is 1. The van der Waals surface area contributed by atoms with Crippen LogP contribution in [0.5, 0.6) is 0 Å². The second-order valence-electron chi connectivity index (χ2n) is 2.45. The van der Waals surface area contributed by atoms with Gasteiger partial charge in [-0.25, -0.2) is 0 Å². The predicted octanol–water partition coefficient (Wildman–Crippen LogP) is 2.41. The van der Waals surface area contributed by atoms with Gasteiger partial charge in [-0.1, -0.05) is 19.1 Å². The first-order chi connectivity index (χ1) is 6.15. The number of rotatable bonds is 2. The molecule has 0 unspecified atom stereocenters. The topological polar surface area (TPSA) is 67.9 Å².